The first-order chi connectivity index (χ1) is 11.0. The Kier molecular flexibility index (Phi) is 5.13. The highest BCUT2D eigenvalue weighted by Gasteiger charge is 2.36. The van der Waals surface area contributed by atoms with E-state index in [1.807, 2.05) is 20.8 Å². The second kappa shape index (κ2) is 6.63. The normalized spacial score (nSPS) is 25.5. The molecule has 0 bridgehead atoms. The lowest BCUT2D eigenvalue weighted by Crippen LogP contribution is -2.45. The number of carbonyl (C=O) groups excluding carboxylic acids is 1. The molecule has 2 aliphatic heterocycles. The molecule has 0 aromatic carbocycles. The number of piperidine rings is 1. The molecule has 8 heteroatoms. The van der Waals surface area contributed by atoms with E-state index in [1.165, 1.54) is 4.90 Å². The summed E-state index contributed by atoms with van der Waals surface area (Å²) in [5.74, 6) is -0.690. The van der Waals surface area contributed by atoms with Crippen molar-refractivity contribution in [2.45, 2.75) is 51.8 Å². The number of esters is 1. The van der Waals surface area contributed by atoms with Gasteiger partial charge in [0.25, 0.3) is 0 Å². The van der Waals surface area contributed by atoms with Crippen molar-refractivity contribution in [1.29, 1.82) is 0 Å². The third kappa shape index (κ3) is 4.20. The number of ether oxygens (including phenoxy) is 1. The molecule has 0 spiro atoms. The molecule has 0 saturated carbocycles. The maximum atomic E-state index is 12.4. The molecule has 0 aliphatic carbocycles. The molecule has 2 rings (SSSR count). The van der Waals surface area contributed by atoms with E-state index in [-0.39, 0.29) is 22.7 Å². The first-order valence-corrected chi connectivity index (χ1v) is 8.34. The molecule has 0 aromatic rings. The van der Waals surface area contributed by atoms with Crippen LogP contribution in [0.15, 0.2) is 17.3 Å². The summed E-state index contributed by atoms with van der Waals surface area (Å²) < 4.78 is 5.56. The number of aliphatic imine (C=N–C) groups is 1. The van der Waals surface area contributed by atoms with Gasteiger partial charge in [-0.1, -0.05) is 0 Å². The summed E-state index contributed by atoms with van der Waals surface area (Å²) in [5.41, 5.74) is -1.37. The van der Waals surface area contributed by atoms with Gasteiger partial charge in [0.2, 0.25) is 11.0 Å². The average Bonchev–Trinajstić information content (AvgIpc) is 2.45. The molecule has 24 heavy (non-hydrogen) atoms. The van der Waals surface area contributed by atoms with Crippen LogP contribution in [0.5, 0.6) is 0 Å². The highest BCUT2D eigenvalue weighted by molar-refractivity contribution is 6.64. The Morgan fingerprint density at radius 1 is 1.38 bits per heavy atom. The summed E-state index contributed by atoms with van der Waals surface area (Å²) in [6.45, 7) is 8.35. The van der Waals surface area contributed by atoms with Gasteiger partial charge in [0.05, 0.1) is 5.92 Å². The summed E-state index contributed by atoms with van der Waals surface area (Å²) >= 11 is 6.24. The Labute approximate surface area is 146 Å². The molecule has 0 radical (unpaired) electrons. The Morgan fingerprint density at radius 2 is 1.96 bits per heavy atom. The second-order valence-corrected chi connectivity index (χ2v) is 7.60. The van der Waals surface area contributed by atoms with Crippen LogP contribution in [-0.2, 0) is 9.53 Å². The minimum Gasteiger partial charge on any atom is -0.465 e. The van der Waals surface area contributed by atoms with Gasteiger partial charge in [0.15, 0.2) is 0 Å². The largest absolute Gasteiger partial charge is 0.465 e. The molecule has 1 N–H and O–H groups in total. The summed E-state index contributed by atoms with van der Waals surface area (Å²) in [7, 11) is 0. The zero-order valence-corrected chi connectivity index (χ0v) is 15.2. The maximum absolute atomic E-state index is 12.4. The number of carboxylic acid groups (broad SMARTS) is 1. The zero-order chi connectivity index (χ0) is 18.1. The van der Waals surface area contributed by atoms with Gasteiger partial charge < -0.3 is 19.6 Å². The van der Waals surface area contributed by atoms with Gasteiger partial charge in [-0.25, -0.2) is 9.79 Å². The van der Waals surface area contributed by atoms with Crippen molar-refractivity contribution in [2.24, 2.45) is 10.9 Å². The van der Waals surface area contributed by atoms with Crippen molar-refractivity contribution in [2.75, 3.05) is 13.1 Å². The Bertz CT molecular complexity index is 576. The summed E-state index contributed by atoms with van der Waals surface area (Å²) in [5, 5.41) is 9.21. The Hall–Kier alpha value is -1.76. The quantitative estimate of drug-likeness (QED) is 0.607. The van der Waals surface area contributed by atoms with Crippen molar-refractivity contribution >= 4 is 29.0 Å². The van der Waals surface area contributed by atoms with Crippen LogP contribution in [0.4, 0.5) is 4.79 Å². The number of amides is 1. The molecule has 1 amide bonds. The topological polar surface area (TPSA) is 82.4 Å². The lowest BCUT2D eigenvalue weighted by molar-refractivity contribution is -0.160. The number of hydrogen-bond acceptors (Lipinski definition) is 5. The van der Waals surface area contributed by atoms with Crippen molar-refractivity contribution in [1.82, 2.24) is 9.80 Å². The summed E-state index contributed by atoms with van der Waals surface area (Å²) in [4.78, 5) is 30.7. The number of halogens is 1. The summed E-state index contributed by atoms with van der Waals surface area (Å²) in [6, 6.07) is 0. The fraction of sp³-hybridized carbons (Fsp3) is 0.688. The van der Waals surface area contributed by atoms with Crippen LogP contribution in [-0.4, -0.2) is 56.6 Å². The van der Waals surface area contributed by atoms with E-state index >= 15 is 0 Å². The average molecular weight is 358 g/mol. The van der Waals surface area contributed by atoms with Gasteiger partial charge in [-0.05, 0) is 51.3 Å². The maximum Gasteiger partial charge on any atom is 0.407 e. The van der Waals surface area contributed by atoms with Crippen molar-refractivity contribution < 1.29 is 19.4 Å². The van der Waals surface area contributed by atoms with E-state index in [1.54, 1.807) is 24.1 Å². The minimum absolute atomic E-state index is 0.230. The molecule has 1 atom stereocenters. The number of hydrogen-bond donors (Lipinski definition) is 1. The molecular weight excluding hydrogens is 334 g/mol. The number of likely N-dealkylation sites (tertiary alicyclic amines) is 1. The van der Waals surface area contributed by atoms with Gasteiger partial charge in [0, 0.05) is 31.8 Å². The van der Waals surface area contributed by atoms with E-state index in [9.17, 15) is 9.59 Å². The van der Waals surface area contributed by atoms with E-state index in [0.29, 0.717) is 25.9 Å². The van der Waals surface area contributed by atoms with E-state index < -0.39 is 11.8 Å². The lowest BCUT2D eigenvalue weighted by Gasteiger charge is -2.38. The molecule has 0 aromatic heterocycles. The van der Waals surface area contributed by atoms with Crippen molar-refractivity contribution in [3.05, 3.63) is 12.3 Å². The first kappa shape index (κ1) is 18.6. The van der Waals surface area contributed by atoms with Crippen LogP contribution in [0.3, 0.4) is 0 Å². The van der Waals surface area contributed by atoms with Crippen molar-refractivity contribution in [3.63, 3.8) is 0 Å². The lowest BCUT2D eigenvalue weighted by atomic mass is 9.97. The number of carbonyl (C=O) groups is 2. The van der Waals surface area contributed by atoms with Crippen LogP contribution in [0, 0.1) is 5.92 Å². The molecule has 1 fully saturated rings. The molecule has 2 heterocycles. The monoisotopic (exact) mass is 357 g/mol. The molecule has 2 aliphatic rings. The van der Waals surface area contributed by atoms with Crippen LogP contribution in [0.1, 0.15) is 40.5 Å². The number of rotatable bonds is 2. The van der Waals surface area contributed by atoms with E-state index in [0.717, 1.165) is 0 Å². The third-order valence-corrected chi connectivity index (χ3v) is 4.44. The van der Waals surface area contributed by atoms with Gasteiger partial charge in [-0.3, -0.25) is 4.79 Å². The SMILES string of the molecule is CC1(OC(=O)C2CCN(C(=O)O)CC2)C=CN(C(C)(C)C)C(Cl)=N1. The molecule has 134 valence electrons. The minimum atomic E-state index is -1.14. The predicted molar refractivity (Wildman–Crippen MR) is 90.8 cm³/mol. The van der Waals surface area contributed by atoms with E-state index in [2.05, 4.69) is 4.99 Å². The number of nitrogens with zero attached hydrogens (tertiary/aromatic N) is 3. The molecular formula is C16H24ClN3O4. The van der Waals surface area contributed by atoms with Gasteiger partial charge in [-0.2, -0.15) is 0 Å². The molecule has 1 unspecified atom stereocenters. The zero-order valence-electron chi connectivity index (χ0n) is 14.5. The standard InChI is InChI=1S/C16H24ClN3O4/c1-15(2,3)20-10-7-16(4,18-13(20)17)24-12(21)11-5-8-19(9-6-11)14(22)23/h7,10-11H,5-6,8-9H2,1-4H3,(H,22,23). The molecule has 7 nitrogen and oxygen atoms in total. The fourth-order valence-corrected chi connectivity index (χ4v) is 3.18. The summed E-state index contributed by atoms with van der Waals surface area (Å²) in [6.07, 6.45) is 3.43. The smallest absolute Gasteiger partial charge is 0.407 e. The van der Waals surface area contributed by atoms with Gasteiger partial charge in [0.1, 0.15) is 0 Å². The highest BCUT2D eigenvalue weighted by Crippen LogP contribution is 2.29. The van der Waals surface area contributed by atoms with Gasteiger partial charge in [-0.15, -0.1) is 0 Å². The van der Waals surface area contributed by atoms with Crippen LogP contribution in [0.25, 0.3) is 0 Å². The van der Waals surface area contributed by atoms with Gasteiger partial charge >= 0.3 is 12.1 Å². The predicted octanol–water partition coefficient (Wildman–Crippen LogP) is 2.86. The Morgan fingerprint density at radius 3 is 2.42 bits per heavy atom. The molecule has 1 saturated heterocycles. The fourth-order valence-electron chi connectivity index (χ4n) is 2.70. The van der Waals surface area contributed by atoms with Crippen molar-refractivity contribution in [3.8, 4) is 0 Å². The van der Waals surface area contributed by atoms with E-state index in [4.69, 9.17) is 21.4 Å². The van der Waals surface area contributed by atoms with Crippen LogP contribution < -0.4 is 0 Å². The van der Waals surface area contributed by atoms with Crippen LogP contribution in [0.2, 0.25) is 0 Å². The highest BCUT2D eigenvalue weighted by atomic mass is 35.5. The second-order valence-electron chi connectivity index (χ2n) is 7.26. The number of amidine groups is 1. The van der Waals surface area contributed by atoms with Crippen LogP contribution >= 0.6 is 11.6 Å². The Balaban J connectivity index is 1.99. The first-order valence-electron chi connectivity index (χ1n) is 7.96. The third-order valence-electron chi connectivity index (χ3n) is 4.17.